The number of aryl methyl sites for hydroxylation is 1. The SMILES string of the molecule is Cn1cccc1CC(=O)N/N=C/c1cc(C(C)(C)C)c(O)c(C(C)(C)C)c1. The van der Waals surface area contributed by atoms with E-state index in [0.29, 0.717) is 5.75 Å². The molecule has 0 bridgehead atoms. The van der Waals surface area contributed by atoms with Crippen LogP contribution in [0.1, 0.15) is 63.9 Å². The van der Waals surface area contributed by atoms with Crippen molar-refractivity contribution in [2.75, 3.05) is 0 Å². The zero-order valence-corrected chi connectivity index (χ0v) is 17.4. The van der Waals surface area contributed by atoms with Gasteiger partial charge in [-0.25, -0.2) is 5.43 Å². The van der Waals surface area contributed by atoms with Crippen molar-refractivity contribution in [3.8, 4) is 5.75 Å². The summed E-state index contributed by atoms with van der Waals surface area (Å²) in [6.07, 6.45) is 3.81. The van der Waals surface area contributed by atoms with E-state index >= 15 is 0 Å². The average Bonchev–Trinajstić information content (AvgIpc) is 2.91. The minimum atomic E-state index is -0.205. The van der Waals surface area contributed by atoms with E-state index in [1.54, 1.807) is 6.21 Å². The standard InChI is InChI=1S/C22H31N3O2/c1-21(2,3)17-11-15(12-18(20(17)27)22(4,5)6)14-23-24-19(26)13-16-9-8-10-25(16)7/h8-12,14,27H,13H2,1-7H3,(H,24,26)/b23-14+. The molecule has 2 N–H and O–H groups in total. The normalized spacial score (nSPS) is 12.6. The van der Waals surface area contributed by atoms with Crippen molar-refractivity contribution in [2.24, 2.45) is 12.1 Å². The third-order valence-electron chi connectivity index (χ3n) is 4.54. The number of benzene rings is 1. The number of nitrogens with one attached hydrogen (secondary N) is 1. The predicted molar refractivity (Wildman–Crippen MR) is 110 cm³/mol. The van der Waals surface area contributed by atoms with Crippen molar-refractivity contribution in [3.05, 3.63) is 52.8 Å². The molecular formula is C22H31N3O2. The third kappa shape index (κ3) is 5.22. The van der Waals surface area contributed by atoms with E-state index in [-0.39, 0.29) is 23.2 Å². The molecule has 5 heteroatoms. The molecule has 1 amide bonds. The largest absolute Gasteiger partial charge is 0.507 e. The number of carbonyl (C=O) groups is 1. The van der Waals surface area contributed by atoms with E-state index in [4.69, 9.17) is 0 Å². The van der Waals surface area contributed by atoms with Gasteiger partial charge in [0, 0.05) is 30.1 Å². The third-order valence-corrected chi connectivity index (χ3v) is 4.54. The van der Waals surface area contributed by atoms with E-state index in [2.05, 4.69) is 52.1 Å². The van der Waals surface area contributed by atoms with Crippen LogP contribution in [0.2, 0.25) is 0 Å². The fraction of sp³-hybridized carbons (Fsp3) is 0.455. The molecule has 0 atom stereocenters. The van der Waals surface area contributed by atoms with Crippen LogP contribution >= 0.6 is 0 Å². The number of aromatic hydroxyl groups is 1. The molecule has 27 heavy (non-hydrogen) atoms. The molecule has 0 saturated heterocycles. The molecule has 0 aliphatic rings. The second kappa shape index (κ2) is 7.59. The second-order valence-corrected chi connectivity index (χ2v) is 9.05. The summed E-state index contributed by atoms with van der Waals surface area (Å²) in [6, 6.07) is 7.67. The molecule has 5 nitrogen and oxygen atoms in total. The first kappa shape index (κ1) is 20.7. The van der Waals surface area contributed by atoms with Crippen molar-refractivity contribution >= 4 is 12.1 Å². The molecule has 1 aromatic carbocycles. The first-order valence-corrected chi connectivity index (χ1v) is 9.19. The zero-order chi connectivity index (χ0) is 20.4. The maximum atomic E-state index is 12.1. The van der Waals surface area contributed by atoms with E-state index in [1.165, 1.54) is 0 Å². The monoisotopic (exact) mass is 369 g/mol. The van der Waals surface area contributed by atoms with Crippen molar-refractivity contribution in [2.45, 2.75) is 58.8 Å². The molecule has 0 radical (unpaired) electrons. The van der Waals surface area contributed by atoms with Gasteiger partial charge < -0.3 is 9.67 Å². The summed E-state index contributed by atoms with van der Waals surface area (Å²) in [5.41, 5.74) is 5.68. The molecule has 0 unspecified atom stereocenters. The topological polar surface area (TPSA) is 66.6 Å². The Morgan fingerprint density at radius 3 is 2.15 bits per heavy atom. The van der Waals surface area contributed by atoms with Gasteiger partial charge in [-0.3, -0.25) is 4.79 Å². The molecule has 1 aromatic heterocycles. The lowest BCUT2D eigenvalue weighted by atomic mass is 9.78. The minimum absolute atomic E-state index is 0.168. The summed E-state index contributed by atoms with van der Waals surface area (Å²) in [4.78, 5) is 12.1. The maximum absolute atomic E-state index is 12.1. The lowest BCUT2D eigenvalue weighted by Gasteiger charge is -2.27. The van der Waals surface area contributed by atoms with Gasteiger partial charge in [-0.05, 0) is 40.7 Å². The van der Waals surface area contributed by atoms with E-state index in [0.717, 1.165) is 22.4 Å². The first-order chi connectivity index (χ1) is 12.4. The summed E-state index contributed by atoms with van der Waals surface area (Å²) < 4.78 is 1.91. The number of phenolic OH excluding ortho intramolecular Hbond substituents is 1. The van der Waals surface area contributed by atoms with Crippen LogP contribution in [0.15, 0.2) is 35.6 Å². The molecule has 0 fully saturated rings. The van der Waals surface area contributed by atoms with Crippen LogP contribution in [0.4, 0.5) is 0 Å². The van der Waals surface area contributed by atoms with Crippen molar-refractivity contribution < 1.29 is 9.90 Å². The summed E-state index contributed by atoms with van der Waals surface area (Å²) in [6.45, 7) is 12.4. The lowest BCUT2D eigenvalue weighted by molar-refractivity contribution is -0.120. The fourth-order valence-corrected chi connectivity index (χ4v) is 2.94. The van der Waals surface area contributed by atoms with Crippen LogP contribution in [0, 0.1) is 0 Å². The molecule has 2 rings (SSSR count). The van der Waals surface area contributed by atoms with Crippen molar-refractivity contribution in [1.29, 1.82) is 0 Å². The quantitative estimate of drug-likeness (QED) is 0.631. The van der Waals surface area contributed by atoms with Crippen LogP contribution in [0.5, 0.6) is 5.75 Å². The first-order valence-electron chi connectivity index (χ1n) is 9.19. The van der Waals surface area contributed by atoms with Gasteiger partial charge in [0.15, 0.2) is 0 Å². The number of hydrogen-bond donors (Lipinski definition) is 2. The van der Waals surface area contributed by atoms with Gasteiger partial charge in [0.2, 0.25) is 5.91 Å². The van der Waals surface area contributed by atoms with Crippen LogP contribution < -0.4 is 5.43 Å². The Bertz CT molecular complexity index is 814. The molecule has 1 heterocycles. The Balaban J connectivity index is 2.23. The van der Waals surface area contributed by atoms with Gasteiger partial charge in [-0.15, -0.1) is 0 Å². The summed E-state index contributed by atoms with van der Waals surface area (Å²) in [7, 11) is 1.91. The second-order valence-electron chi connectivity index (χ2n) is 9.05. The van der Waals surface area contributed by atoms with E-state index in [9.17, 15) is 9.90 Å². The highest BCUT2D eigenvalue weighted by Crippen LogP contribution is 2.39. The lowest BCUT2D eigenvalue weighted by Crippen LogP contribution is -2.21. The Morgan fingerprint density at radius 2 is 1.70 bits per heavy atom. The highest BCUT2D eigenvalue weighted by atomic mass is 16.3. The van der Waals surface area contributed by atoms with Crippen LogP contribution in [-0.2, 0) is 29.1 Å². The van der Waals surface area contributed by atoms with E-state index < -0.39 is 0 Å². The molecule has 146 valence electrons. The summed E-state index contributed by atoms with van der Waals surface area (Å²) in [5.74, 6) is 0.166. The van der Waals surface area contributed by atoms with Gasteiger partial charge in [-0.1, -0.05) is 41.5 Å². The summed E-state index contributed by atoms with van der Waals surface area (Å²) in [5, 5.41) is 14.9. The van der Waals surface area contributed by atoms with Gasteiger partial charge in [-0.2, -0.15) is 5.10 Å². The fourth-order valence-electron chi connectivity index (χ4n) is 2.94. The number of hydrogen-bond acceptors (Lipinski definition) is 3. The minimum Gasteiger partial charge on any atom is -0.507 e. The summed E-state index contributed by atoms with van der Waals surface area (Å²) >= 11 is 0. The van der Waals surface area contributed by atoms with Crippen LogP contribution in [-0.4, -0.2) is 21.8 Å². The van der Waals surface area contributed by atoms with Crippen LogP contribution in [0.3, 0.4) is 0 Å². The van der Waals surface area contributed by atoms with Gasteiger partial charge in [0.1, 0.15) is 5.75 Å². The molecule has 0 aliphatic heterocycles. The van der Waals surface area contributed by atoms with Crippen LogP contribution in [0.25, 0.3) is 0 Å². The highest BCUT2D eigenvalue weighted by Gasteiger charge is 2.26. The predicted octanol–water partition coefficient (Wildman–Crippen LogP) is 4.02. The van der Waals surface area contributed by atoms with Gasteiger partial charge in [0.25, 0.3) is 0 Å². The number of rotatable bonds is 4. The number of nitrogens with zero attached hydrogens (tertiary/aromatic N) is 2. The Kier molecular flexibility index (Phi) is 5.83. The number of phenols is 1. The smallest absolute Gasteiger partial charge is 0.245 e. The number of carbonyl (C=O) groups excluding carboxylic acids is 1. The Morgan fingerprint density at radius 1 is 1.15 bits per heavy atom. The highest BCUT2D eigenvalue weighted by molar-refractivity contribution is 5.84. The number of hydrazone groups is 1. The molecular weight excluding hydrogens is 338 g/mol. The molecule has 2 aromatic rings. The van der Waals surface area contributed by atoms with Crippen molar-refractivity contribution in [1.82, 2.24) is 9.99 Å². The van der Waals surface area contributed by atoms with Gasteiger partial charge >= 0.3 is 0 Å². The molecule has 0 spiro atoms. The number of aromatic nitrogens is 1. The molecule has 0 aliphatic carbocycles. The average molecular weight is 370 g/mol. The molecule has 0 saturated carbocycles. The Hall–Kier alpha value is -2.56. The maximum Gasteiger partial charge on any atom is 0.245 e. The zero-order valence-electron chi connectivity index (χ0n) is 17.4. The van der Waals surface area contributed by atoms with Gasteiger partial charge in [0.05, 0.1) is 12.6 Å². The Labute approximate surface area is 162 Å². The number of amides is 1. The van der Waals surface area contributed by atoms with E-state index in [1.807, 2.05) is 42.1 Å². The van der Waals surface area contributed by atoms with Crippen molar-refractivity contribution in [3.63, 3.8) is 0 Å².